The lowest BCUT2D eigenvalue weighted by Crippen LogP contribution is -2.06. The fourth-order valence-electron chi connectivity index (χ4n) is 1.70. The quantitative estimate of drug-likeness (QED) is 0.575. The Kier molecular flexibility index (Phi) is 5.62. The topological polar surface area (TPSA) is 37.8 Å². The van der Waals surface area contributed by atoms with Crippen molar-refractivity contribution in [2.24, 2.45) is 0 Å². The molecule has 7 heteroatoms. The van der Waals surface area contributed by atoms with Crippen LogP contribution in [-0.4, -0.2) is 16.5 Å². The second-order valence-electron chi connectivity index (χ2n) is 4.51. The van der Waals surface area contributed by atoms with Crippen molar-refractivity contribution in [2.75, 3.05) is 11.9 Å². The van der Waals surface area contributed by atoms with E-state index in [1.54, 1.807) is 11.3 Å². The molecule has 0 amide bonds. The molecule has 0 aliphatic rings. The zero-order valence-corrected chi connectivity index (χ0v) is 16.9. The third-order valence-electron chi connectivity index (χ3n) is 2.63. The molecule has 0 aliphatic carbocycles. The molecule has 2 rings (SSSR count). The number of nitrogens with one attached hydrogen (secondary N) is 1. The SMILES string of the molecule is CCNc1nc(-c2cc(Br)c(Br)s2)nc(C(C)C)c1Br. The predicted octanol–water partition coefficient (Wildman–Crippen LogP) is 6.05. The maximum atomic E-state index is 4.71. The minimum absolute atomic E-state index is 0.329. The Labute approximate surface area is 148 Å². The molecule has 0 fully saturated rings. The van der Waals surface area contributed by atoms with E-state index in [2.05, 4.69) is 78.9 Å². The first kappa shape index (κ1) is 16.4. The summed E-state index contributed by atoms with van der Waals surface area (Å²) in [4.78, 5) is 10.4. The van der Waals surface area contributed by atoms with Gasteiger partial charge in [-0.25, -0.2) is 9.97 Å². The number of hydrogen-bond donors (Lipinski definition) is 1. The highest BCUT2D eigenvalue weighted by Gasteiger charge is 2.17. The molecule has 1 N–H and O–H groups in total. The fraction of sp³-hybridized carbons (Fsp3) is 0.385. The van der Waals surface area contributed by atoms with Crippen molar-refractivity contribution < 1.29 is 0 Å². The molecule has 0 saturated carbocycles. The van der Waals surface area contributed by atoms with Crippen LogP contribution in [0.3, 0.4) is 0 Å². The van der Waals surface area contributed by atoms with Gasteiger partial charge in [0.1, 0.15) is 5.82 Å². The summed E-state index contributed by atoms with van der Waals surface area (Å²) in [5, 5.41) is 3.29. The molecule has 0 aliphatic heterocycles. The van der Waals surface area contributed by atoms with Gasteiger partial charge in [-0.1, -0.05) is 13.8 Å². The van der Waals surface area contributed by atoms with E-state index < -0.39 is 0 Å². The van der Waals surface area contributed by atoms with Gasteiger partial charge in [-0.3, -0.25) is 0 Å². The fourth-order valence-corrected chi connectivity index (χ4v) is 4.44. The lowest BCUT2D eigenvalue weighted by Gasteiger charge is -2.13. The van der Waals surface area contributed by atoms with Crippen molar-refractivity contribution >= 4 is 64.9 Å². The number of nitrogens with zero attached hydrogens (tertiary/aromatic N) is 2. The van der Waals surface area contributed by atoms with Crippen LogP contribution in [0.5, 0.6) is 0 Å². The molecule has 0 saturated heterocycles. The van der Waals surface area contributed by atoms with Gasteiger partial charge in [0.05, 0.1) is 18.8 Å². The van der Waals surface area contributed by atoms with E-state index in [9.17, 15) is 0 Å². The van der Waals surface area contributed by atoms with Crippen molar-refractivity contribution in [2.45, 2.75) is 26.7 Å². The lowest BCUT2D eigenvalue weighted by molar-refractivity contribution is 0.810. The van der Waals surface area contributed by atoms with Crippen molar-refractivity contribution in [1.82, 2.24) is 9.97 Å². The summed E-state index contributed by atoms with van der Waals surface area (Å²) in [6.45, 7) is 7.14. The molecular formula is C13H14Br3N3S. The molecule has 2 aromatic rings. The molecule has 0 spiro atoms. The van der Waals surface area contributed by atoms with Crippen LogP contribution in [-0.2, 0) is 0 Å². The first-order chi connectivity index (χ1) is 9.43. The van der Waals surface area contributed by atoms with Gasteiger partial charge in [-0.15, -0.1) is 11.3 Å². The zero-order chi connectivity index (χ0) is 14.9. The monoisotopic (exact) mass is 481 g/mol. The van der Waals surface area contributed by atoms with Crippen LogP contribution in [0.1, 0.15) is 32.4 Å². The number of anilines is 1. The highest BCUT2D eigenvalue weighted by atomic mass is 79.9. The summed E-state index contributed by atoms with van der Waals surface area (Å²) in [6, 6.07) is 2.04. The molecule has 0 unspecified atom stereocenters. The van der Waals surface area contributed by atoms with Gasteiger partial charge in [0.15, 0.2) is 5.82 Å². The number of hydrogen-bond acceptors (Lipinski definition) is 4. The van der Waals surface area contributed by atoms with E-state index >= 15 is 0 Å². The average Bonchev–Trinajstić information content (AvgIpc) is 2.72. The largest absolute Gasteiger partial charge is 0.369 e. The standard InChI is InChI=1S/C13H14Br3N3S/c1-4-17-13-9(15)10(6(2)3)18-12(19-13)8-5-7(14)11(16)20-8/h5-6H,4H2,1-3H3,(H,17,18,19). The van der Waals surface area contributed by atoms with E-state index in [4.69, 9.17) is 4.98 Å². The highest BCUT2D eigenvalue weighted by molar-refractivity contribution is 9.13. The zero-order valence-electron chi connectivity index (χ0n) is 11.3. The van der Waals surface area contributed by atoms with Crippen LogP contribution in [0.25, 0.3) is 10.7 Å². The van der Waals surface area contributed by atoms with Crippen molar-refractivity contribution in [3.05, 3.63) is 24.5 Å². The molecule has 0 bridgehead atoms. The van der Waals surface area contributed by atoms with Crippen LogP contribution < -0.4 is 5.32 Å². The van der Waals surface area contributed by atoms with Crippen LogP contribution in [0.15, 0.2) is 18.8 Å². The molecule has 2 aromatic heterocycles. The summed E-state index contributed by atoms with van der Waals surface area (Å²) >= 11 is 12.3. The molecular weight excluding hydrogens is 470 g/mol. The van der Waals surface area contributed by atoms with Gasteiger partial charge in [0, 0.05) is 11.0 Å². The Morgan fingerprint density at radius 3 is 2.45 bits per heavy atom. The molecule has 108 valence electrons. The van der Waals surface area contributed by atoms with Crippen molar-refractivity contribution in [3.8, 4) is 10.7 Å². The summed E-state index contributed by atoms with van der Waals surface area (Å²) < 4.78 is 3.03. The van der Waals surface area contributed by atoms with Gasteiger partial charge in [-0.2, -0.15) is 0 Å². The van der Waals surface area contributed by atoms with E-state index in [1.807, 2.05) is 6.07 Å². The third kappa shape index (κ3) is 3.43. The molecule has 2 heterocycles. The second-order valence-corrected chi connectivity index (χ2v) is 8.53. The normalized spacial score (nSPS) is 11.2. The minimum Gasteiger partial charge on any atom is -0.369 e. The van der Waals surface area contributed by atoms with E-state index in [-0.39, 0.29) is 0 Å². The number of thiophene rings is 1. The van der Waals surface area contributed by atoms with Gasteiger partial charge in [0.25, 0.3) is 0 Å². The summed E-state index contributed by atoms with van der Waals surface area (Å²) in [5.74, 6) is 1.93. The first-order valence-corrected chi connectivity index (χ1v) is 9.40. The minimum atomic E-state index is 0.329. The van der Waals surface area contributed by atoms with Gasteiger partial charge >= 0.3 is 0 Å². The molecule has 3 nitrogen and oxygen atoms in total. The van der Waals surface area contributed by atoms with Gasteiger partial charge in [0.2, 0.25) is 0 Å². The number of aromatic nitrogens is 2. The molecule has 0 radical (unpaired) electrons. The van der Waals surface area contributed by atoms with E-state index in [0.29, 0.717) is 5.92 Å². The van der Waals surface area contributed by atoms with Gasteiger partial charge in [-0.05, 0) is 66.7 Å². The Hall–Kier alpha value is 0.0200. The molecule has 0 aromatic carbocycles. The highest BCUT2D eigenvalue weighted by Crippen LogP contribution is 2.39. The van der Waals surface area contributed by atoms with E-state index in [0.717, 1.165) is 41.5 Å². The Morgan fingerprint density at radius 1 is 1.25 bits per heavy atom. The second kappa shape index (κ2) is 6.85. The van der Waals surface area contributed by atoms with Gasteiger partial charge < -0.3 is 5.32 Å². The van der Waals surface area contributed by atoms with Crippen LogP contribution in [0.2, 0.25) is 0 Å². The Morgan fingerprint density at radius 2 is 1.95 bits per heavy atom. The summed E-state index contributed by atoms with van der Waals surface area (Å²) in [7, 11) is 0. The Bertz CT molecular complexity index is 606. The Balaban J connectivity index is 2.58. The maximum absolute atomic E-state index is 4.71. The number of halogens is 3. The predicted molar refractivity (Wildman–Crippen MR) is 96.7 cm³/mol. The smallest absolute Gasteiger partial charge is 0.172 e. The van der Waals surface area contributed by atoms with E-state index in [1.165, 1.54) is 0 Å². The van der Waals surface area contributed by atoms with Crippen LogP contribution in [0, 0.1) is 0 Å². The first-order valence-electron chi connectivity index (χ1n) is 6.20. The van der Waals surface area contributed by atoms with Crippen LogP contribution in [0.4, 0.5) is 5.82 Å². The third-order valence-corrected chi connectivity index (χ3v) is 6.67. The number of rotatable bonds is 4. The molecule has 20 heavy (non-hydrogen) atoms. The summed E-state index contributed by atoms with van der Waals surface area (Å²) in [5.41, 5.74) is 1.02. The van der Waals surface area contributed by atoms with Crippen molar-refractivity contribution in [3.63, 3.8) is 0 Å². The maximum Gasteiger partial charge on any atom is 0.172 e. The summed E-state index contributed by atoms with van der Waals surface area (Å²) in [6.07, 6.45) is 0. The van der Waals surface area contributed by atoms with Crippen LogP contribution >= 0.6 is 59.1 Å². The lowest BCUT2D eigenvalue weighted by atomic mass is 10.1. The van der Waals surface area contributed by atoms with Crippen molar-refractivity contribution in [1.29, 1.82) is 0 Å². The molecule has 0 atom stereocenters. The average molecular weight is 484 g/mol.